The summed E-state index contributed by atoms with van der Waals surface area (Å²) in [5.41, 5.74) is 9.95. The van der Waals surface area contributed by atoms with Gasteiger partial charge in [-0.3, -0.25) is 4.90 Å². The maximum absolute atomic E-state index is 6.00. The normalized spacial score (nSPS) is 12.6. The second-order valence-electron chi connectivity index (χ2n) is 5.39. The molecule has 0 radical (unpaired) electrons. The molecule has 0 fully saturated rings. The van der Waals surface area contributed by atoms with Crippen LogP contribution in [-0.2, 0) is 13.0 Å². The number of aryl methyl sites for hydroxylation is 1. The average molecular weight is 347 g/mol. The maximum Gasteiger partial charge on any atom is 0.0470 e. The molecule has 1 atom stereocenters. The van der Waals surface area contributed by atoms with Crippen LogP contribution in [0.15, 0.2) is 53.0 Å². The lowest BCUT2D eigenvalue weighted by molar-refractivity contribution is 0.242. The van der Waals surface area contributed by atoms with Gasteiger partial charge in [-0.25, -0.2) is 0 Å². The lowest BCUT2D eigenvalue weighted by atomic mass is 10.0. The maximum atomic E-state index is 6.00. The van der Waals surface area contributed by atoms with Gasteiger partial charge < -0.3 is 5.73 Å². The van der Waals surface area contributed by atoms with Gasteiger partial charge in [-0.05, 0) is 42.3 Å². The summed E-state index contributed by atoms with van der Waals surface area (Å²) >= 11 is 3.47. The molecule has 2 rings (SSSR count). The summed E-state index contributed by atoms with van der Waals surface area (Å²) in [5.74, 6) is 0. The third-order valence-corrected chi connectivity index (χ3v) is 4.40. The van der Waals surface area contributed by atoms with Crippen LogP contribution in [0, 0.1) is 0 Å². The zero-order chi connectivity index (χ0) is 15.2. The van der Waals surface area contributed by atoms with Crippen LogP contribution in [0.5, 0.6) is 0 Å². The Balaban J connectivity index is 2.09. The highest BCUT2D eigenvalue weighted by Crippen LogP contribution is 2.21. The molecule has 21 heavy (non-hydrogen) atoms. The van der Waals surface area contributed by atoms with Crippen molar-refractivity contribution in [1.82, 2.24) is 4.90 Å². The van der Waals surface area contributed by atoms with E-state index in [1.807, 2.05) is 0 Å². The fraction of sp³-hybridized carbons (Fsp3) is 0.333. The summed E-state index contributed by atoms with van der Waals surface area (Å²) in [6.07, 6.45) is 1.07. The van der Waals surface area contributed by atoms with Crippen LogP contribution >= 0.6 is 15.9 Å². The number of nitrogens with zero attached hydrogens (tertiary/aromatic N) is 1. The first kappa shape index (κ1) is 16.2. The number of halogens is 1. The summed E-state index contributed by atoms with van der Waals surface area (Å²) < 4.78 is 1.11. The van der Waals surface area contributed by atoms with Gasteiger partial charge in [0.15, 0.2) is 0 Å². The van der Waals surface area contributed by atoms with Crippen LogP contribution in [0.2, 0.25) is 0 Å². The Morgan fingerprint density at radius 1 is 1.00 bits per heavy atom. The van der Waals surface area contributed by atoms with Gasteiger partial charge in [-0.2, -0.15) is 0 Å². The van der Waals surface area contributed by atoms with Crippen molar-refractivity contribution in [3.63, 3.8) is 0 Å². The van der Waals surface area contributed by atoms with E-state index in [1.165, 1.54) is 16.7 Å². The van der Waals surface area contributed by atoms with E-state index in [9.17, 15) is 0 Å². The summed E-state index contributed by atoms with van der Waals surface area (Å²) in [6, 6.07) is 17.5. The van der Waals surface area contributed by atoms with Crippen molar-refractivity contribution in [1.29, 1.82) is 0 Å². The van der Waals surface area contributed by atoms with Crippen LogP contribution in [0.25, 0.3) is 0 Å². The quantitative estimate of drug-likeness (QED) is 0.851. The smallest absolute Gasteiger partial charge is 0.0470 e. The van der Waals surface area contributed by atoms with Gasteiger partial charge in [0.25, 0.3) is 0 Å². The van der Waals surface area contributed by atoms with Crippen molar-refractivity contribution >= 4 is 15.9 Å². The van der Waals surface area contributed by atoms with Crippen molar-refractivity contribution in [2.24, 2.45) is 5.73 Å². The van der Waals surface area contributed by atoms with Crippen molar-refractivity contribution in [2.75, 3.05) is 13.6 Å². The topological polar surface area (TPSA) is 29.3 Å². The Kier molecular flexibility index (Phi) is 5.97. The van der Waals surface area contributed by atoms with Gasteiger partial charge in [-0.1, -0.05) is 59.3 Å². The number of nitrogens with two attached hydrogens (primary N) is 1. The minimum Gasteiger partial charge on any atom is -0.329 e. The van der Waals surface area contributed by atoms with Crippen LogP contribution < -0.4 is 5.73 Å². The minimum atomic E-state index is 0.250. The number of benzene rings is 2. The van der Waals surface area contributed by atoms with E-state index < -0.39 is 0 Å². The minimum absolute atomic E-state index is 0.250. The van der Waals surface area contributed by atoms with E-state index in [1.54, 1.807) is 0 Å². The molecule has 3 heteroatoms. The molecule has 112 valence electrons. The molecule has 0 aromatic heterocycles. The second-order valence-corrected chi connectivity index (χ2v) is 6.30. The summed E-state index contributed by atoms with van der Waals surface area (Å²) in [7, 11) is 2.13. The largest absolute Gasteiger partial charge is 0.329 e. The number of likely N-dealkylation sites (N-methyl/N-ethyl adjacent to an activating group) is 1. The van der Waals surface area contributed by atoms with Crippen molar-refractivity contribution in [3.8, 4) is 0 Å². The predicted octanol–water partition coefficient (Wildman–Crippen LogP) is 4.14. The first-order valence-corrected chi connectivity index (χ1v) is 8.17. The van der Waals surface area contributed by atoms with Gasteiger partial charge in [0.05, 0.1) is 0 Å². The zero-order valence-electron chi connectivity index (χ0n) is 12.7. The van der Waals surface area contributed by atoms with Crippen LogP contribution in [0.3, 0.4) is 0 Å². The second kappa shape index (κ2) is 7.74. The van der Waals surface area contributed by atoms with Gasteiger partial charge in [-0.15, -0.1) is 0 Å². The molecule has 0 saturated carbocycles. The first-order valence-electron chi connectivity index (χ1n) is 7.37. The predicted molar refractivity (Wildman–Crippen MR) is 93.2 cm³/mol. The standard InChI is InChI=1S/C18H23BrN2/c1-3-14-4-8-16(9-5-14)18(12-20)21(2)13-15-6-10-17(19)11-7-15/h4-11,18H,3,12-13,20H2,1-2H3. The third kappa shape index (κ3) is 4.40. The molecule has 0 spiro atoms. The molecule has 2 nitrogen and oxygen atoms in total. The average Bonchev–Trinajstić information content (AvgIpc) is 2.51. The van der Waals surface area contributed by atoms with Gasteiger partial charge >= 0.3 is 0 Å². The lowest BCUT2D eigenvalue weighted by Crippen LogP contribution is -2.30. The molecular weight excluding hydrogens is 324 g/mol. The molecule has 0 aliphatic rings. The molecule has 2 aromatic rings. The van der Waals surface area contributed by atoms with Gasteiger partial charge in [0.2, 0.25) is 0 Å². The highest BCUT2D eigenvalue weighted by Gasteiger charge is 2.15. The fourth-order valence-electron chi connectivity index (χ4n) is 2.53. The SMILES string of the molecule is CCc1ccc(C(CN)N(C)Cc2ccc(Br)cc2)cc1. The molecule has 0 amide bonds. The van der Waals surface area contributed by atoms with E-state index in [-0.39, 0.29) is 6.04 Å². The Morgan fingerprint density at radius 3 is 2.10 bits per heavy atom. The Bertz CT molecular complexity index is 548. The molecule has 2 aromatic carbocycles. The number of hydrogen-bond acceptors (Lipinski definition) is 2. The van der Waals surface area contributed by atoms with E-state index in [2.05, 4.69) is 83.3 Å². The molecule has 2 N–H and O–H groups in total. The highest BCUT2D eigenvalue weighted by atomic mass is 79.9. The van der Waals surface area contributed by atoms with Gasteiger partial charge in [0.1, 0.15) is 0 Å². The lowest BCUT2D eigenvalue weighted by Gasteiger charge is -2.27. The fourth-order valence-corrected chi connectivity index (χ4v) is 2.80. The number of hydrogen-bond donors (Lipinski definition) is 1. The summed E-state index contributed by atoms with van der Waals surface area (Å²) in [5, 5.41) is 0. The van der Waals surface area contributed by atoms with E-state index >= 15 is 0 Å². The molecule has 0 saturated heterocycles. The molecule has 0 heterocycles. The van der Waals surface area contributed by atoms with Crippen molar-refractivity contribution < 1.29 is 0 Å². The molecule has 0 aliphatic heterocycles. The van der Waals surface area contributed by atoms with E-state index in [0.717, 1.165) is 17.4 Å². The Hall–Kier alpha value is -1.16. The zero-order valence-corrected chi connectivity index (χ0v) is 14.3. The van der Waals surface area contributed by atoms with Gasteiger partial charge in [0, 0.05) is 23.6 Å². The van der Waals surface area contributed by atoms with Crippen molar-refractivity contribution in [2.45, 2.75) is 25.9 Å². The Morgan fingerprint density at radius 2 is 1.57 bits per heavy atom. The van der Waals surface area contributed by atoms with Crippen LogP contribution in [0.1, 0.15) is 29.7 Å². The van der Waals surface area contributed by atoms with Crippen LogP contribution in [-0.4, -0.2) is 18.5 Å². The molecular formula is C18H23BrN2. The third-order valence-electron chi connectivity index (χ3n) is 3.87. The number of rotatable bonds is 6. The van der Waals surface area contributed by atoms with Crippen molar-refractivity contribution in [3.05, 3.63) is 69.7 Å². The van der Waals surface area contributed by atoms with E-state index in [0.29, 0.717) is 6.54 Å². The van der Waals surface area contributed by atoms with E-state index in [4.69, 9.17) is 5.73 Å². The Labute approximate surface area is 136 Å². The van der Waals surface area contributed by atoms with Crippen LogP contribution in [0.4, 0.5) is 0 Å². The summed E-state index contributed by atoms with van der Waals surface area (Å²) in [4.78, 5) is 2.31. The molecule has 0 bridgehead atoms. The molecule has 1 unspecified atom stereocenters. The highest BCUT2D eigenvalue weighted by molar-refractivity contribution is 9.10. The summed E-state index contributed by atoms with van der Waals surface area (Å²) in [6.45, 7) is 3.69. The molecule has 0 aliphatic carbocycles. The monoisotopic (exact) mass is 346 g/mol. The first-order chi connectivity index (χ1) is 10.1.